The molecule has 0 heterocycles. The summed E-state index contributed by atoms with van der Waals surface area (Å²) in [6.07, 6.45) is 10.9. The van der Waals surface area contributed by atoms with Gasteiger partial charge in [0.2, 0.25) is 0 Å². The second-order valence-corrected chi connectivity index (χ2v) is 3.83. The third kappa shape index (κ3) is 2.50. The second kappa shape index (κ2) is 4.79. The fourth-order valence-corrected chi connectivity index (χ4v) is 2.62. The summed E-state index contributed by atoms with van der Waals surface area (Å²) in [4.78, 5) is 0. The Hall–Kier alpha value is 0. The Kier molecular flexibility index (Phi) is 3.96. The van der Waals surface area contributed by atoms with Crippen LogP contribution in [0.5, 0.6) is 0 Å². The third-order valence-electron chi connectivity index (χ3n) is 3.12. The standard InChI is InChI=1S/C9H16.C2H6/c1-3-8-5-2-6-9(4-1)7-8;1-2/h8-9H,1-7H2;1-2H3. The Balaban J connectivity index is 0.000000281. The van der Waals surface area contributed by atoms with E-state index in [2.05, 4.69) is 0 Å². The van der Waals surface area contributed by atoms with Gasteiger partial charge in [-0.15, -0.1) is 0 Å². The van der Waals surface area contributed by atoms with Crippen molar-refractivity contribution in [1.82, 2.24) is 0 Å². The van der Waals surface area contributed by atoms with Crippen LogP contribution in [-0.2, 0) is 0 Å². The molecule has 2 aliphatic carbocycles. The van der Waals surface area contributed by atoms with Crippen LogP contribution in [0.4, 0.5) is 0 Å². The minimum absolute atomic E-state index is 1.15. The van der Waals surface area contributed by atoms with Gasteiger partial charge in [0.1, 0.15) is 0 Å². The molecule has 0 radical (unpaired) electrons. The molecule has 0 aromatic rings. The van der Waals surface area contributed by atoms with Gasteiger partial charge in [-0.1, -0.05) is 52.4 Å². The lowest BCUT2D eigenvalue weighted by atomic mass is 9.72. The molecular formula is C11H22. The fourth-order valence-electron chi connectivity index (χ4n) is 2.62. The van der Waals surface area contributed by atoms with E-state index in [4.69, 9.17) is 0 Å². The highest BCUT2D eigenvalue weighted by Gasteiger charge is 2.25. The van der Waals surface area contributed by atoms with Gasteiger partial charge >= 0.3 is 0 Å². The molecule has 2 rings (SSSR count). The van der Waals surface area contributed by atoms with E-state index < -0.39 is 0 Å². The highest BCUT2D eigenvalue weighted by Crippen LogP contribution is 2.39. The van der Waals surface area contributed by atoms with Gasteiger partial charge in [0.15, 0.2) is 0 Å². The largest absolute Gasteiger partial charge is 0.0683 e. The predicted molar refractivity (Wildman–Crippen MR) is 50.6 cm³/mol. The van der Waals surface area contributed by atoms with Crippen molar-refractivity contribution in [3.8, 4) is 0 Å². The molecule has 0 N–H and O–H groups in total. The first-order valence-electron chi connectivity index (χ1n) is 5.45. The van der Waals surface area contributed by atoms with Crippen LogP contribution in [0.2, 0.25) is 0 Å². The SMILES string of the molecule is C1CC2CCCC(C1)C2.CC. The van der Waals surface area contributed by atoms with Gasteiger partial charge in [-0.25, -0.2) is 0 Å². The molecule has 66 valence electrons. The van der Waals surface area contributed by atoms with Gasteiger partial charge in [-0.3, -0.25) is 0 Å². The molecule has 0 atom stereocenters. The van der Waals surface area contributed by atoms with E-state index in [1.165, 1.54) is 12.8 Å². The van der Waals surface area contributed by atoms with Crippen molar-refractivity contribution in [3.05, 3.63) is 0 Å². The lowest BCUT2D eigenvalue weighted by Crippen LogP contribution is -2.20. The molecule has 2 saturated carbocycles. The second-order valence-electron chi connectivity index (χ2n) is 3.83. The van der Waals surface area contributed by atoms with E-state index in [1.54, 1.807) is 32.1 Å². The summed E-state index contributed by atoms with van der Waals surface area (Å²) in [6, 6.07) is 0. The minimum atomic E-state index is 1.15. The average Bonchev–Trinajstić information content (AvgIpc) is 2.08. The van der Waals surface area contributed by atoms with Crippen LogP contribution in [0.3, 0.4) is 0 Å². The third-order valence-corrected chi connectivity index (χ3v) is 3.12. The highest BCUT2D eigenvalue weighted by atomic mass is 14.3. The maximum Gasteiger partial charge on any atom is -0.0412 e. The van der Waals surface area contributed by atoms with E-state index in [-0.39, 0.29) is 0 Å². The van der Waals surface area contributed by atoms with Crippen LogP contribution < -0.4 is 0 Å². The van der Waals surface area contributed by atoms with Crippen molar-refractivity contribution in [2.75, 3.05) is 0 Å². The lowest BCUT2D eigenvalue weighted by Gasteiger charge is -2.33. The molecule has 0 aromatic heterocycles. The minimum Gasteiger partial charge on any atom is -0.0683 e. The normalized spacial score (nSPS) is 35.5. The molecule has 2 bridgehead atoms. The summed E-state index contributed by atoms with van der Waals surface area (Å²) >= 11 is 0. The van der Waals surface area contributed by atoms with Crippen LogP contribution in [0, 0.1) is 11.8 Å². The maximum atomic E-state index is 2.00. The summed E-state index contributed by atoms with van der Waals surface area (Å²) in [5.41, 5.74) is 0. The van der Waals surface area contributed by atoms with Crippen molar-refractivity contribution in [2.24, 2.45) is 11.8 Å². The highest BCUT2D eigenvalue weighted by molar-refractivity contribution is 4.77. The Bertz CT molecular complexity index is 76.2. The van der Waals surface area contributed by atoms with Crippen molar-refractivity contribution < 1.29 is 0 Å². The quantitative estimate of drug-likeness (QED) is 0.494. The van der Waals surface area contributed by atoms with E-state index in [1.807, 2.05) is 13.8 Å². The van der Waals surface area contributed by atoms with Crippen LogP contribution in [0.1, 0.15) is 58.8 Å². The van der Waals surface area contributed by atoms with Gasteiger partial charge in [0.25, 0.3) is 0 Å². The van der Waals surface area contributed by atoms with Gasteiger partial charge in [0, 0.05) is 0 Å². The van der Waals surface area contributed by atoms with Gasteiger partial charge < -0.3 is 0 Å². The van der Waals surface area contributed by atoms with Crippen molar-refractivity contribution in [1.29, 1.82) is 0 Å². The van der Waals surface area contributed by atoms with E-state index in [0.717, 1.165) is 11.8 Å². The number of rotatable bonds is 0. The molecule has 11 heavy (non-hydrogen) atoms. The summed E-state index contributed by atoms with van der Waals surface area (Å²) in [6.45, 7) is 4.00. The van der Waals surface area contributed by atoms with Gasteiger partial charge in [-0.05, 0) is 18.3 Å². The monoisotopic (exact) mass is 154 g/mol. The molecule has 0 heteroatoms. The number of fused-ring (bicyclic) bond motifs is 2. The van der Waals surface area contributed by atoms with E-state index >= 15 is 0 Å². The molecule has 2 aliphatic rings. The smallest absolute Gasteiger partial charge is 0.0412 e. The average molecular weight is 154 g/mol. The maximum absolute atomic E-state index is 2.00. The molecular weight excluding hydrogens is 132 g/mol. The van der Waals surface area contributed by atoms with E-state index in [9.17, 15) is 0 Å². The van der Waals surface area contributed by atoms with Gasteiger partial charge in [0.05, 0.1) is 0 Å². The van der Waals surface area contributed by atoms with Gasteiger partial charge in [-0.2, -0.15) is 0 Å². The zero-order chi connectivity index (χ0) is 8.10. The Morgan fingerprint density at radius 2 is 1.09 bits per heavy atom. The Labute approximate surface area is 71.4 Å². The number of hydrogen-bond acceptors (Lipinski definition) is 0. The van der Waals surface area contributed by atoms with Crippen LogP contribution in [-0.4, -0.2) is 0 Å². The molecule has 0 unspecified atom stereocenters. The van der Waals surface area contributed by atoms with Crippen LogP contribution in [0.15, 0.2) is 0 Å². The molecule has 0 amide bonds. The van der Waals surface area contributed by atoms with Crippen LogP contribution >= 0.6 is 0 Å². The lowest BCUT2D eigenvalue weighted by molar-refractivity contribution is 0.190. The fraction of sp³-hybridized carbons (Fsp3) is 1.00. The first-order chi connectivity index (χ1) is 5.45. The first kappa shape index (κ1) is 9.09. The van der Waals surface area contributed by atoms with Crippen molar-refractivity contribution >= 4 is 0 Å². The topological polar surface area (TPSA) is 0 Å². The van der Waals surface area contributed by atoms with E-state index in [0.29, 0.717) is 0 Å². The summed E-state index contributed by atoms with van der Waals surface area (Å²) in [5, 5.41) is 0. The van der Waals surface area contributed by atoms with Crippen LogP contribution in [0.25, 0.3) is 0 Å². The predicted octanol–water partition coefficient (Wildman–Crippen LogP) is 4.00. The molecule has 0 aromatic carbocycles. The zero-order valence-corrected chi connectivity index (χ0v) is 8.10. The summed E-state index contributed by atoms with van der Waals surface area (Å²) < 4.78 is 0. The van der Waals surface area contributed by atoms with Crippen molar-refractivity contribution in [2.45, 2.75) is 58.8 Å². The number of hydrogen-bond donors (Lipinski definition) is 0. The molecule has 0 spiro atoms. The summed E-state index contributed by atoms with van der Waals surface area (Å²) in [7, 11) is 0. The molecule has 2 fully saturated rings. The zero-order valence-electron chi connectivity index (χ0n) is 8.10. The first-order valence-corrected chi connectivity index (χ1v) is 5.45. The molecule has 0 saturated heterocycles. The Morgan fingerprint density at radius 3 is 1.36 bits per heavy atom. The Morgan fingerprint density at radius 1 is 0.727 bits per heavy atom. The molecule has 0 aliphatic heterocycles. The van der Waals surface area contributed by atoms with Crippen molar-refractivity contribution in [3.63, 3.8) is 0 Å². The molecule has 0 nitrogen and oxygen atoms in total. The summed E-state index contributed by atoms with van der Waals surface area (Å²) in [5.74, 6) is 2.30.